The van der Waals surface area contributed by atoms with Gasteiger partial charge in [-0.15, -0.1) is 0 Å². The summed E-state index contributed by atoms with van der Waals surface area (Å²) in [7, 11) is 2.95. The van der Waals surface area contributed by atoms with Gasteiger partial charge in [0.2, 0.25) is 0 Å². The minimum Gasteiger partial charge on any atom is -0.497 e. The molecule has 0 bridgehead atoms. The number of alkyl halides is 3. The molecule has 176 valence electrons. The van der Waals surface area contributed by atoms with Gasteiger partial charge in [0.05, 0.1) is 25.9 Å². The molecule has 2 aliphatic rings. The van der Waals surface area contributed by atoms with Crippen molar-refractivity contribution in [3.05, 3.63) is 64.9 Å². The van der Waals surface area contributed by atoms with Gasteiger partial charge < -0.3 is 14.4 Å². The van der Waals surface area contributed by atoms with Gasteiger partial charge in [-0.2, -0.15) is 18.4 Å². The zero-order chi connectivity index (χ0) is 24.6. The van der Waals surface area contributed by atoms with Crippen LogP contribution in [-0.2, 0) is 11.0 Å². The van der Waals surface area contributed by atoms with Crippen molar-refractivity contribution in [3.63, 3.8) is 0 Å². The Labute approximate surface area is 194 Å². The number of methoxy groups -OCH3 is 2. The molecular formula is C25H22F3N3O3. The molecule has 2 aromatic carbocycles. The molecule has 2 atom stereocenters. The van der Waals surface area contributed by atoms with Crippen LogP contribution in [0.3, 0.4) is 0 Å². The minimum atomic E-state index is -4.57. The third-order valence-corrected chi connectivity index (χ3v) is 6.22. The predicted molar refractivity (Wildman–Crippen MR) is 119 cm³/mol. The number of benzene rings is 2. The fraction of sp³-hybridized carbons (Fsp3) is 0.320. The number of ether oxygens (including phenoxy) is 2. The summed E-state index contributed by atoms with van der Waals surface area (Å²) in [4.78, 5) is 14.6. The number of rotatable bonds is 4. The Hall–Kier alpha value is -3.80. The van der Waals surface area contributed by atoms with Gasteiger partial charge in [-0.25, -0.2) is 0 Å². The van der Waals surface area contributed by atoms with Gasteiger partial charge in [0.1, 0.15) is 23.3 Å². The number of nitriles is 1. The fourth-order valence-electron chi connectivity index (χ4n) is 4.71. The van der Waals surface area contributed by atoms with Gasteiger partial charge in [-0.05, 0) is 49.2 Å². The maximum Gasteiger partial charge on any atom is 0.416 e. The third-order valence-electron chi connectivity index (χ3n) is 6.22. The Morgan fingerprint density at radius 3 is 2.53 bits per heavy atom. The number of nitrogens with one attached hydrogen (secondary N) is 1. The first-order valence-electron chi connectivity index (χ1n) is 10.6. The highest BCUT2D eigenvalue weighted by Crippen LogP contribution is 2.49. The van der Waals surface area contributed by atoms with E-state index in [0.29, 0.717) is 41.2 Å². The standard InChI is InChI=1S/C25H22F3N3O3/c1-33-16-9-10-21(34-2)17(12-16)22-18(13-29)24(30)31(19-7-4-8-20(32)23(19)22)15-6-3-5-14(11-15)25(26,27)28/h3,5-6,9-12,18,22,30H,4,7-8H2,1-2H3. The van der Waals surface area contributed by atoms with Crippen LogP contribution in [0.2, 0.25) is 0 Å². The van der Waals surface area contributed by atoms with E-state index in [1.807, 2.05) is 0 Å². The van der Waals surface area contributed by atoms with Gasteiger partial charge >= 0.3 is 6.18 Å². The van der Waals surface area contributed by atoms with Crippen molar-refractivity contribution < 1.29 is 27.4 Å². The summed E-state index contributed by atoms with van der Waals surface area (Å²) in [6.45, 7) is 0. The lowest BCUT2D eigenvalue weighted by Gasteiger charge is -2.42. The first-order valence-corrected chi connectivity index (χ1v) is 10.6. The first kappa shape index (κ1) is 23.4. The molecule has 2 unspecified atom stereocenters. The summed E-state index contributed by atoms with van der Waals surface area (Å²) in [6.07, 6.45) is -3.43. The lowest BCUT2D eigenvalue weighted by atomic mass is 9.71. The molecule has 9 heteroatoms. The van der Waals surface area contributed by atoms with Crippen LogP contribution in [-0.4, -0.2) is 25.8 Å². The van der Waals surface area contributed by atoms with E-state index in [1.54, 1.807) is 18.2 Å². The van der Waals surface area contributed by atoms with Crippen molar-refractivity contribution in [2.75, 3.05) is 19.1 Å². The Bertz CT molecular complexity index is 1230. The SMILES string of the molecule is COc1ccc(OC)c(C2C3=C(CCCC3=O)N(c3cccc(C(F)(F)F)c3)C(=N)C2C#N)c1. The topological polar surface area (TPSA) is 86.4 Å². The summed E-state index contributed by atoms with van der Waals surface area (Å²) in [5.41, 5.74) is 0.523. The lowest BCUT2D eigenvalue weighted by Crippen LogP contribution is -2.45. The maximum absolute atomic E-state index is 13.4. The quantitative estimate of drug-likeness (QED) is 0.644. The number of halogens is 3. The normalized spacial score (nSPS) is 20.6. The molecule has 0 spiro atoms. The molecule has 4 rings (SSSR count). The van der Waals surface area contributed by atoms with Crippen LogP contribution < -0.4 is 14.4 Å². The van der Waals surface area contributed by atoms with Crippen molar-refractivity contribution in [2.45, 2.75) is 31.4 Å². The van der Waals surface area contributed by atoms with Gasteiger partial charge in [0, 0.05) is 34.9 Å². The molecule has 1 N–H and O–H groups in total. The van der Waals surface area contributed by atoms with Gasteiger partial charge in [0.25, 0.3) is 0 Å². The van der Waals surface area contributed by atoms with E-state index in [-0.39, 0.29) is 23.7 Å². The average molecular weight is 469 g/mol. The molecule has 0 amide bonds. The molecule has 0 fully saturated rings. The number of allylic oxidation sites excluding steroid dienone is 2. The van der Waals surface area contributed by atoms with Gasteiger partial charge in [-0.3, -0.25) is 10.2 Å². The molecule has 1 heterocycles. The van der Waals surface area contributed by atoms with Crippen LogP contribution in [0, 0.1) is 22.7 Å². The minimum absolute atomic E-state index is 0.0957. The second-order valence-corrected chi connectivity index (χ2v) is 8.10. The van der Waals surface area contributed by atoms with E-state index in [4.69, 9.17) is 14.9 Å². The number of anilines is 1. The highest BCUT2D eigenvalue weighted by Gasteiger charge is 2.46. The van der Waals surface area contributed by atoms with Gasteiger partial charge in [0.15, 0.2) is 5.78 Å². The second-order valence-electron chi connectivity index (χ2n) is 8.10. The lowest BCUT2D eigenvalue weighted by molar-refractivity contribution is -0.137. The van der Waals surface area contributed by atoms with Crippen molar-refractivity contribution in [1.82, 2.24) is 0 Å². The second kappa shape index (κ2) is 8.86. The van der Waals surface area contributed by atoms with E-state index in [0.717, 1.165) is 12.1 Å². The monoisotopic (exact) mass is 469 g/mol. The van der Waals surface area contributed by atoms with Crippen molar-refractivity contribution in [3.8, 4) is 17.6 Å². The molecular weight excluding hydrogens is 447 g/mol. The van der Waals surface area contributed by atoms with Gasteiger partial charge in [-0.1, -0.05) is 6.07 Å². The smallest absolute Gasteiger partial charge is 0.416 e. The number of Topliss-reactive ketones (excluding diaryl/α,β-unsaturated/α-hetero) is 1. The molecule has 0 aromatic heterocycles. The summed E-state index contributed by atoms with van der Waals surface area (Å²) in [5.74, 6) is -1.41. The van der Waals surface area contributed by atoms with E-state index < -0.39 is 23.6 Å². The number of carbonyl (C=O) groups excluding carboxylic acids is 1. The molecule has 0 saturated heterocycles. The van der Waals surface area contributed by atoms with Crippen LogP contribution >= 0.6 is 0 Å². The number of ketones is 1. The molecule has 1 aliphatic heterocycles. The molecule has 6 nitrogen and oxygen atoms in total. The summed E-state index contributed by atoms with van der Waals surface area (Å²) in [6, 6.07) is 11.7. The van der Waals surface area contributed by atoms with E-state index in [9.17, 15) is 23.2 Å². The first-order chi connectivity index (χ1) is 16.2. The molecule has 34 heavy (non-hydrogen) atoms. The van der Waals surface area contributed by atoms with E-state index in [2.05, 4.69) is 6.07 Å². The Morgan fingerprint density at radius 1 is 1.12 bits per heavy atom. The van der Waals surface area contributed by atoms with Crippen LogP contribution in [0.25, 0.3) is 0 Å². The average Bonchev–Trinajstić information content (AvgIpc) is 2.82. The van der Waals surface area contributed by atoms with Crippen LogP contribution in [0.1, 0.15) is 36.3 Å². The number of carbonyl (C=O) groups is 1. The summed E-state index contributed by atoms with van der Waals surface area (Å²) in [5, 5.41) is 19.0. The van der Waals surface area contributed by atoms with Crippen LogP contribution in [0.4, 0.5) is 18.9 Å². The molecule has 1 aliphatic carbocycles. The maximum atomic E-state index is 13.4. The number of hydrogen-bond donors (Lipinski definition) is 1. The summed E-state index contributed by atoms with van der Waals surface area (Å²) < 4.78 is 51.0. The van der Waals surface area contributed by atoms with Crippen molar-refractivity contribution in [2.24, 2.45) is 5.92 Å². The summed E-state index contributed by atoms with van der Waals surface area (Å²) >= 11 is 0. The molecule has 0 radical (unpaired) electrons. The van der Waals surface area contributed by atoms with E-state index >= 15 is 0 Å². The number of nitrogens with zero attached hydrogens (tertiary/aromatic N) is 2. The Balaban J connectivity index is 1.97. The predicted octanol–water partition coefficient (Wildman–Crippen LogP) is 5.45. The highest BCUT2D eigenvalue weighted by molar-refractivity contribution is 6.10. The van der Waals surface area contributed by atoms with Crippen LogP contribution in [0.5, 0.6) is 11.5 Å². The van der Waals surface area contributed by atoms with Crippen LogP contribution in [0.15, 0.2) is 53.7 Å². The third kappa shape index (κ3) is 3.89. The molecule has 2 aromatic rings. The van der Waals surface area contributed by atoms with E-state index in [1.165, 1.54) is 31.3 Å². The molecule has 0 saturated carbocycles. The highest BCUT2D eigenvalue weighted by atomic mass is 19.4. The number of hydrogen-bond acceptors (Lipinski definition) is 5. The number of amidine groups is 1. The zero-order valence-electron chi connectivity index (χ0n) is 18.6. The van der Waals surface area contributed by atoms with Crippen molar-refractivity contribution >= 4 is 17.3 Å². The Morgan fingerprint density at radius 2 is 1.88 bits per heavy atom. The van der Waals surface area contributed by atoms with Crippen molar-refractivity contribution in [1.29, 1.82) is 10.7 Å². The fourth-order valence-corrected chi connectivity index (χ4v) is 4.71. The zero-order valence-corrected chi connectivity index (χ0v) is 18.6. The largest absolute Gasteiger partial charge is 0.497 e. The Kier molecular flexibility index (Phi) is 6.09.